The lowest BCUT2D eigenvalue weighted by molar-refractivity contribution is 0.389. The van der Waals surface area contributed by atoms with Gasteiger partial charge in [0.25, 0.3) is 0 Å². The predicted molar refractivity (Wildman–Crippen MR) is 74.6 cm³/mol. The van der Waals surface area contributed by atoms with Crippen LogP contribution in [0.5, 0.6) is 0 Å². The average molecular weight is 284 g/mol. The molecule has 0 fully saturated rings. The maximum absolute atomic E-state index is 3.58. The molecule has 0 aliphatic rings. The number of aryl methyl sites for hydroxylation is 1. The van der Waals surface area contributed by atoms with Gasteiger partial charge in [0, 0.05) is 17.1 Å². The monoisotopic (exact) mass is 283 g/mol. The molecule has 1 aromatic rings. The van der Waals surface area contributed by atoms with Crippen LogP contribution in [0.2, 0.25) is 0 Å². The highest BCUT2D eigenvalue weighted by Crippen LogP contribution is 2.17. The van der Waals surface area contributed by atoms with Crippen LogP contribution in [0.15, 0.2) is 22.7 Å². The van der Waals surface area contributed by atoms with E-state index in [1.807, 2.05) is 0 Å². The summed E-state index contributed by atoms with van der Waals surface area (Å²) in [5, 5.41) is 3.58. The van der Waals surface area contributed by atoms with E-state index in [2.05, 4.69) is 67.1 Å². The Kier molecular flexibility index (Phi) is 5.50. The van der Waals surface area contributed by atoms with Gasteiger partial charge in [0.1, 0.15) is 0 Å². The molecule has 2 unspecified atom stereocenters. The first-order chi connectivity index (χ1) is 7.54. The van der Waals surface area contributed by atoms with Crippen molar-refractivity contribution in [3.8, 4) is 0 Å². The molecule has 0 aromatic heterocycles. The molecule has 1 nitrogen and oxygen atoms in total. The van der Waals surface area contributed by atoms with E-state index in [1.54, 1.807) is 0 Å². The molecule has 0 radical (unpaired) electrons. The number of nitrogens with one attached hydrogen (secondary N) is 1. The van der Waals surface area contributed by atoms with Gasteiger partial charge in [0.2, 0.25) is 0 Å². The second kappa shape index (κ2) is 6.41. The summed E-state index contributed by atoms with van der Waals surface area (Å²) in [6, 6.07) is 7.13. The Morgan fingerprint density at radius 3 is 2.56 bits per heavy atom. The van der Waals surface area contributed by atoms with Crippen molar-refractivity contribution < 1.29 is 0 Å². The van der Waals surface area contributed by atoms with Crippen molar-refractivity contribution in [1.82, 2.24) is 5.32 Å². The second-order valence-corrected chi connectivity index (χ2v) is 5.49. The first-order valence-corrected chi connectivity index (χ1v) is 6.82. The third-order valence-electron chi connectivity index (χ3n) is 3.36. The minimum atomic E-state index is 0.574. The molecule has 0 bridgehead atoms. The molecule has 90 valence electrons. The fourth-order valence-electron chi connectivity index (χ4n) is 1.58. The lowest BCUT2D eigenvalue weighted by atomic mass is 10.0. The van der Waals surface area contributed by atoms with Crippen LogP contribution in [0.25, 0.3) is 0 Å². The second-order valence-electron chi connectivity index (χ2n) is 4.64. The standard InChI is InChI=1S/C14H22BrN/c1-5-10(2)12(4)16-9-13-7-6-11(3)14(15)8-13/h6-8,10,12,16H,5,9H2,1-4H3. The van der Waals surface area contributed by atoms with Gasteiger partial charge in [0.15, 0.2) is 0 Å². The van der Waals surface area contributed by atoms with Gasteiger partial charge in [-0.2, -0.15) is 0 Å². The van der Waals surface area contributed by atoms with E-state index in [0.717, 1.165) is 12.5 Å². The van der Waals surface area contributed by atoms with Gasteiger partial charge >= 0.3 is 0 Å². The molecular weight excluding hydrogens is 262 g/mol. The van der Waals surface area contributed by atoms with Gasteiger partial charge in [-0.1, -0.05) is 48.3 Å². The van der Waals surface area contributed by atoms with Gasteiger partial charge < -0.3 is 5.32 Å². The topological polar surface area (TPSA) is 12.0 Å². The Bertz CT molecular complexity index is 336. The van der Waals surface area contributed by atoms with Crippen molar-refractivity contribution in [2.24, 2.45) is 5.92 Å². The first-order valence-electron chi connectivity index (χ1n) is 6.03. The summed E-state index contributed by atoms with van der Waals surface area (Å²) in [5.74, 6) is 0.730. The van der Waals surface area contributed by atoms with Crippen LogP contribution in [0, 0.1) is 12.8 Å². The van der Waals surface area contributed by atoms with Crippen LogP contribution >= 0.6 is 15.9 Å². The van der Waals surface area contributed by atoms with E-state index in [4.69, 9.17) is 0 Å². The summed E-state index contributed by atoms with van der Waals surface area (Å²) < 4.78 is 1.20. The largest absolute Gasteiger partial charge is 0.310 e. The van der Waals surface area contributed by atoms with Crippen LogP contribution in [0.4, 0.5) is 0 Å². The van der Waals surface area contributed by atoms with E-state index in [-0.39, 0.29) is 0 Å². The summed E-state index contributed by atoms with van der Waals surface area (Å²) in [4.78, 5) is 0. The summed E-state index contributed by atoms with van der Waals surface area (Å²) in [6.07, 6.45) is 1.23. The van der Waals surface area contributed by atoms with Crippen LogP contribution in [0.3, 0.4) is 0 Å². The van der Waals surface area contributed by atoms with Crippen molar-refractivity contribution >= 4 is 15.9 Å². The number of halogens is 1. The Balaban J connectivity index is 2.51. The molecular formula is C14H22BrN. The Morgan fingerprint density at radius 2 is 2.00 bits per heavy atom. The van der Waals surface area contributed by atoms with Gasteiger partial charge in [0.05, 0.1) is 0 Å². The Morgan fingerprint density at radius 1 is 1.31 bits per heavy atom. The van der Waals surface area contributed by atoms with Crippen molar-refractivity contribution in [2.75, 3.05) is 0 Å². The van der Waals surface area contributed by atoms with Gasteiger partial charge in [-0.3, -0.25) is 0 Å². The average Bonchev–Trinajstić information content (AvgIpc) is 2.29. The van der Waals surface area contributed by atoms with Crippen molar-refractivity contribution in [2.45, 2.75) is 46.7 Å². The Labute approximate surface area is 108 Å². The van der Waals surface area contributed by atoms with E-state index in [9.17, 15) is 0 Å². The highest BCUT2D eigenvalue weighted by molar-refractivity contribution is 9.10. The summed E-state index contributed by atoms with van der Waals surface area (Å²) in [7, 11) is 0. The summed E-state index contributed by atoms with van der Waals surface area (Å²) in [6.45, 7) is 9.86. The van der Waals surface area contributed by atoms with E-state index >= 15 is 0 Å². The molecule has 0 amide bonds. The molecule has 0 saturated carbocycles. The first kappa shape index (κ1) is 13.7. The fraction of sp³-hybridized carbons (Fsp3) is 0.571. The maximum atomic E-state index is 3.58. The van der Waals surface area contributed by atoms with Gasteiger partial charge in [-0.15, -0.1) is 0 Å². The van der Waals surface area contributed by atoms with Crippen molar-refractivity contribution in [1.29, 1.82) is 0 Å². The molecule has 16 heavy (non-hydrogen) atoms. The van der Waals surface area contributed by atoms with Gasteiger partial charge in [-0.25, -0.2) is 0 Å². The van der Waals surface area contributed by atoms with Crippen LogP contribution < -0.4 is 5.32 Å². The summed E-state index contributed by atoms with van der Waals surface area (Å²) in [5.41, 5.74) is 2.63. The van der Waals surface area contributed by atoms with E-state index in [0.29, 0.717) is 6.04 Å². The fourth-order valence-corrected chi connectivity index (χ4v) is 2.01. The number of rotatable bonds is 5. The molecule has 0 aliphatic heterocycles. The van der Waals surface area contributed by atoms with E-state index in [1.165, 1.54) is 22.0 Å². The minimum absolute atomic E-state index is 0.574. The van der Waals surface area contributed by atoms with Gasteiger partial charge in [-0.05, 0) is 37.0 Å². The lowest BCUT2D eigenvalue weighted by Crippen LogP contribution is -2.31. The molecule has 0 heterocycles. The molecule has 2 atom stereocenters. The zero-order valence-corrected chi connectivity index (χ0v) is 12.3. The SMILES string of the molecule is CCC(C)C(C)NCc1ccc(C)c(Br)c1. The quantitative estimate of drug-likeness (QED) is 0.851. The maximum Gasteiger partial charge on any atom is 0.0208 e. The molecule has 0 spiro atoms. The number of hydrogen-bond acceptors (Lipinski definition) is 1. The van der Waals surface area contributed by atoms with Crippen LogP contribution in [0.1, 0.15) is 38.3 Å². The van der Waals surface area contributed by atoms with Crippen molar-refractivity contribution in [3.63, 3.8) is 0 Å². The molecule has 0 saturated heterocycles. The van der Waals surface area contributed by atoms with Crippen LogP contribution in [-0.4, -0.2) is 6.04 Å². The molecule has 1 N–H and O–H groups in total. The zero-order chi connectivity index (χ0) is 12.1. The predicted octanol–water partition coefficient (Wildman–Crippen LogP) is 4.28. The van der Waals surface area contributed by atoms with Crippen molar-refractivity contribution in [3.05, 3.63) is 33.8 Å². The molecule has 2 heteroatoms. The highest BCUT2D eigenvalue weighted by Gasteiger charge is 2.09. The molecule has 0 aliphatic carbocycles. The summed E-state index contributed by atoms with van der Waals surface area (Å²) >= 11 is 3.57. The molecule has 1 rings (SSSR count). The van der Waals surface area contributed by atoms with E-state index < -0.39 is 0 Å². The van der Waals surface area contributed by atoms with Crippen LogP contribution in [-0.2, 0) is 6.54 Å². The minimum Gasteiger partial charge on any atom is -0.310 e. The normalized spacial score (nSPS) is 14.8. The number of hydrogen-bond donors (Lipinski definition) is 1. The highest BCUT2D eigenvalue weighted by atomic mass is 79.9. The third-order valence-corrected chi connectivity index (χ3v) is 4.22. The zero-order valence-electron chi connectivity index (χ0n) is 10.7. The lowest BCUT2D eigenvalue weighted by Gasteiger charge is -2.20. The Hall–Kier alpha value is -0.340. The smallest absolute Gasteiger partial charge is 0.0208 e. The number of benzene rings is 1. The molecule has 1 aromatic carbocycles. The third kappa shape index (κ3) is 3.91.